The number of oxazole rings is 1. The van der Waals surface area contributed by atoms with Crippen LogP contribution in [-0.4, -0.2) is 24.5 Å². The molecule has 0 bridgehead atoms. The summed E-state index contributed by atoms with van der Waals surface area (Å²) in [5.74, 6) is 1.32. The first-order valence-corrected chi connectivity index (χ1v) is 9.18. The molecular formula is C20H21BrN3O2+. The summed E-state index contributed by atoms with van der Waals surface area (Å²) in [6.45, 7) is 2.84. The van der Waals surface area contributed by atoms with E-state index >= 15 is 0 Å². The predicted molar refractivity (Wildman–Crippen MR) is 105 cm³/mol. The van der Waals surface area contributed by atoms with Crippen LogP contribution in [0.3, 0.4) is 0 Å². The van der Waals surface area contributed by atoms with E-state index in [-0.39, 0.29) is 5.91 Å². The van der Waals surface area contributed by atoms with Gasteiger partial charge >= 0.3 is 0 Å². The number of rotatable bonds is 6. The lowest BCUT2D eigenvalue weighted by Crippen LogP contribution is -3.08. The summed E-state index contributed by atoms with van der Waals surface area (Å²) in [4.78, 5) is 17.6. The Kier molecular flexibility index (Phi) is 5.85. The fourth-order valence-corrected chi connectivity index (χ4v) is 3.16. The zero-order valence-corrected chi connectivity index (χ0v) is 16.3. The number of aryl methyl sites for hydroxylation is 1. The first-order chi connectivity index (χ1) is 12.5. The molecule has 134 valence electrons. The molecule has 0 fully saturated rings. The first kappa shape index (κ1) is 18.4. The molecule has 0 radical (unpaired) electrons. The Morgan fingerprint density at radius 2 is 2.00 bits per heavy atom. The van der Waals surface area contributed by atoms with Gasteiger partial charge in [0.05, 0.1) is 13.2 Å². The van der Waals surface area contributed by atoms with E-state index in [9.17, 15) is 4.79 Å². The van der Waals surface area contributed by atoms with Crippen molar-refractivity contribution in [2.24, 2.45) is 0 Å². The lowest BCUT2D eigenvalue weighted by atomic mass is 10.2. The van der Waals surface area contributed by atoms with Crippen molar-refractivity contribution in [2.75, 3.05) is 18.9 Å². The van der Waals surface area contributed by atoms with Gasteiger partial charge in [-0.05, 0) is 30.7 Å². The SMILES string of the molecule is Cc1cc(Br)ccc1NC(=O)C[NH+](C)Cc1ncc(-c2ccccc2)o1. The smallest absolute Gasteiger partial charge is 0.279 e. The molecule has 1 amide bonds. The predicted octanol–water partition coefficient (Wildman–Crippen LogP) is 3.07. The van der Waals surface area contributed by atoms with Crippen molar-refractivity contribution >= 4 is 27.5 Å². The molecule has 5 nitrogen and oxygen atoms in total. The quantitative estimate of drug-likeness (QED) is 0.651. The van der Waals surface area contributed by atoms with Crippen LogP contribution in [0.15, 0.2) is 63.6 Å². The van der Waals surface area contributed by atoms with Gasteiger partial charge in [-0.15, -0.1) is 0 Å². The van der Waals surface area contributed by atoms with E-state index in [0.717, 1.165) is 31.9 Å². The third kappa shape index (κ3) is 4.80. The molecule has 0 aliphatic carbocycles. The van der Waals surface area contributed by atoms with Crippen LogP contribution < -0.4 is 10.2 Å². The number of aromatic nitrogens is 1. The van der Waals surface area contributed by atoms with Crippen molar-refractivity contribution in [1.29, 1.82) is 0 Å². The number of halogens is 1. The van der Waals surface area contributed by atoms with Crippen molar-refractivity contribution in [1.82, 2.24) is 4.98 Å². The number of carbonyl (C=O) groups excluding carboxylic acids is 1. The Balaban J connectivity index is 1.56. The van der Waals surface area contributed by atoms with Gasteiger partial charge in [0.15, 0.2) is 18.8 Å². The van der Waals surface area contributed by atoms with E-state index in [4.69, 9.17) is 4.42 Å². The lowest BCUT2D eigenvalue weighted by molar-refractivity contribution is -0.886. The minimum atomic E-state index is -0.0391. The van der Waals surface area contributed by atoms with Crippen LogP contribution in [0, 0.1) is 6.92 Å². The van der Waals surface area contributed by atoms with Gasteiger partial charge in [-0.2, -0.15) is 0 Å². The number of likely N-dealkylation sites (N-methyl/N-ethyl adjacent to an activating group) is 1. The molecule has 2 aromatic carbocycles. The molecule has 0 saturated carbocycles. The van der Waals surface area contributed by atoms with Gasteiger partial charge in [0.1, 0.15) is 0 Å². The summed E-state index contributed by atoms with van der Waals surface area (Å²) in [6.07, 6.45) is 1.73. The average molecular weight is 415 g/mol. The largest absolute Gasteiger partial charge is 0.435 e. The maximum Gasteiger partial charge on any atom is 0.279 e. The molecule has 3 aromatic rings. The highest BCUT2D eigenvalue weighted by molar-refractivity contribution is 9.10. The summed E-state index contributed by atoms with van der Waals surface area (Å²) in [5.41, 5.74) is 2.84. The van der Waals surface area contributed by atoms with E-state index in [2.05, 4.69) is 26.2 Å². The summed E-state index contributed by atoms with van der Waals surface area (Å²) in [6, 6.07) is 15.6. The molecule has 0 spiro atoms. The van der Waals surface area contributed by atoms with Crippen LogP contribution in [0.25, 0.3) is 11.3 Å². The molecule has 1 aromatic heterocycles. The maximum atomic E-state index is 12.3. The second kappa shape index (κ2) is 8.29. The van der Waals surface area contributed by atoms with Crippen LogP contribution in [-0.2, 0) is 11.3 Å². The summed E-state index contributed by atoms with van der Waals surface area (Å²) in [5, 5.41) is 2.95. The van der Waals surface area contributed by atoms with Gasteiger partial charge in [-0.1, -0.05) is 46.3 Å². The van der Waals surface area contributed by atoms with E-state index < -0.39 is 0 Å². The molecule has 2 N–H and O–H groups in total. The molecule has 0 aliphatic heterocycles. The number of quaternary nitrogens is 1. The van der Waals surface area contributed by atoms with Gasteiger partial charge in [-0.25, -0.2) is 4.98 Å². The second-order valence-corrected chi connectivity index (χ2v) is 7.22. The Bertz CT molecular complexity index is 893. The third-order valence-electron chi connectivity index (χ3n) is 3.99. The topological polar surface area (TPSA) is 59.6 Å². The Morgan fingerprint density at radius 3 is 2.73 bits per heavy atom. The van der Waals surface area contributed by atoms with Crippen molar-refractivity contribution in [3.8, 4) is 11.3 Å². The van der Waals surface area contributed by atoms with Gasteiger partial charge < -0.3 is 14.6 Å². The maximum absolute atomic E-state index is 12.3. The van der Waals surface area contributed by atoms with E-state index in [1.54, 1.807) is 6.20 Å². The zero-order chi connectivity index (χ0) is 18.5. The molecule has 0 saturated heterocycles. The van der Waals surface area contributed by atoms with Gasteiger partial charge in [0, 0.05) is 15.7 Å². The third-order valence-corrected chi connectivity index (χ3v) is 4.48. The number of carbonyl (C=O) groups is 1. The first-order valence-electron chi connectivity index (χ1n) is 8.38. The Hall–Kier alpha value is -2.44. The van der Waals surface area contributed by atoms with Gasteiger partial charge in [0.2, 0.25) is 0 Å². The number of amides is 1. The molecule has 6 heteroatoms. The van der Waals surface area contributed by atoms with Crippen LogP contribution in [0.1, 0.15) is 11.5 Å². The van der Waals surface area contributed by atoms with E-state index in [1.165, 1.54) is 0 Å². The Labute approximate surface area is 161 Å². The number of anilines is 1. The van der Waals surface area contributed by atoms with E-state index in [1.807, 2.05) is 62.5 Å². The van der Waals surface area contributed by atoms with Crippen LogP contribution in [0.2, 0.25) is 0 Å². The highest BCUT2D eigenvalue weighted by Gasteiger charge is 2.15. The number of nitrogens with one attached hydrogen (secondary N) is 2. The summed E-state index contributed by atoms with van der Waals surface area (Å²) in [7, 11) is 1.94. The molecule has 1 heterocycles. The second-order valence-electron chi connectivity index (χ2n) is 6.30. The highest BCUT2D eigenvalue weighted by Crippen LogP contribution is 2.20. The molecular weight excluding hydrogens is 394 g/mol. The monoisotopic (exact) mass is 414 g/mol. The zero-order valence-electron chi connectivity index (χ0n) is 14.8. The molecule has 1 unspecified atom stereocenters. The van der Waals surface area contributed by atoms with Crippen LogP contribution >= 0.6 is 15.9 Å². The van der Waals surface area contributed by atoms with Crippen molar-refractivity contribution in [3.63, 3.8) is 0 Å². The fourth-order valence-electron chi connectivity index (χ4n) is 2.68. The minimum Gasteiger partial charge on any atom is -0.435 e. The van der Waals surface area contributed by atoms with Crippen LogP contribution in [0.4, 0.5) is 5.69 Å². The number of benzene rings is 2. The highest BCUT2D eigenvalue weighted by atomic mass is 79.9. The van der Waals surface area contributed by atoms with Gasteiger partial charge in [-0.3, -0.25) is 4.79 Å². The lowest BCUT2D eigenvalue weighted by Gasteiger charge is -2.13. The molecule has 3 rings (SSSR count). The number of hydrogen-bond acceptors (Lipinski definition) is 3. The van der Waals surface area contributed by atoms with Gasteiger partial charge in [0.25, 0.3) is 11.8 Å². The normalized spacial score (nSPS) is 12.0. The summed E-state index contributed by atoms with van der Waals surface area (Å²) < 4.78 is 6.80. The Morgan fingerprint density at radius 1 is 1.23 bits per heavy atom. The minimum absolute atomic E-state index is 0.0391. The van der Waals surface area contributed by atoms with Crippen molar-refractivity contribution < 1.29 is 14.1 Å². The molecule has 1 atom stereocenters. The number of hydrogen-bond donors (Lipinski definition) is 2. The van der Waals surface area contributed by atoms with Crippen molar-refractivity contribution in [3.05, 3.63) is 70.7 Å². The molecule has 26 heavy (non-hydrogen) atoms. The standard InChI is InChI=1S/C20H20BrN3O2/c1-14-10-16(21)8-9-17(14)23-19(25)12-24(2)13-20-22-11-18(26-20)15-6-4-3-5-7-15/h3-11H,12-13H2,1-2H3,(H,23,25)/p+1. The van der Waals surface area contributed by atoms with Crippen LogP contribution in [0.5, 0.6) is 0 Å². The van der Waals surface area contributed by atoms with Crippen molar-refractivity contribution in [2.45, 2.75) is 13.5 Å². The molecule has 0 aliphatic rings. The summed E-state index contributed by atoms with van der Waals surface area (Å²) >= 11 is 3.42. The average Bonchev–Trinajstić information content (AvgIpc) is 3.06. The number of nitrogens with zero attached hydrogens (tertiary/aromatic N) is 1. The fraction of sp³-hybridized carbons (Fsp3) is 0.200. The van der Waals surface area contributed by atoms with E-state index in [0.29, 0.717) is 19.0 Å².